The van der Waals surface area contributed by atoms with E-state index in [2.05, 4.69) is 41.2 Å². The first-order chi connectivity index (χ1) is 9.13. The third-order valence-electron chi connectivity index (χ3n) is 3.55. The fourth-order valence-electron chi connectivity index (χ4n) is 2.39. The Morgan fingerprint density at radius 2 is 2.26 bits per heavy atom. The number of aryl methyl sites for hydroxylation is 1. The van der Waals surface area contributed by atoms with Gasteiger partial charge in [-0.05, 0) is 50.4 Å². The van der Waals surface area contributed by atoms with E-state index < -0.39 is 0 Å². The van der Waals surface area contributed by atoms with Crippen molar-refractivity contribution in [1.29, 1.82) is 0 Å². The average Bonchev–Trinajstić information content (AvgIpc) is 2.41. The molecule has 19 heavy (non-hydrogen) atoms. The topological polar surface area (TPSA) is 32.3 Å². The van der Waals surface area contributed by atoms with Gasteiger partial charge in [0.05, 0.1) is 6.04 Å². The molecule has 1 fully saturated rings. The van der Waals surface area contributed by atoms with Crippen molar-refractivity contribution in [3.05, 3.63) is 28.2 Å². The van der Waals surface area contributed by atoms with Crippen LogP contribution in [0.2, 0.25) is 0 Å². The Bertz CT molecular complexity index is 461. The van der Waals surface area contributed by atoms with Gasteiger partial charge in [-0.25, -0.2) is 0 Å². The molecule has 1 N–H and O–H groups in total. The fraction of sp³-hybridized carbons (Fsp3) is 0.533. The highest BCUT2D eigenvalue weighted by Crippen LogP contribution is 2.26. The highest BCUT2D eigenvalue weighted by atomic mass is 79.9. The molecule has 1 aromatic rings. The van der Waals surface area contributed by atoms with Crippen LogP contribution in [0.25, 0.3) is 0 Å². The Morgan fingerprint density at radius 3 is 2.95 bits per heavy atom. The Labute approximate surface area is 123 Å². The summed E-state index contributed by atoms with van der Waals surface area (Å²) in [5, 5.41) is 3.34. The molecular weight excluding hydrogens is 304 g/mol. The van der Waals surface area contributed by atoms with E-state index in [1.165, 1.54) is 5.56 Å². The van der Waals surface area contributed by atoms with Crippen LogP contribution in [0.3, 0.4) is 0 Å². The van der Waals surface area contributed by atoms with Crippen LogP contribution in [-0.4, -0.2) is 25.0 Å². The number of piperidine rings is 1. The minimum absolute atomic E-state index is 0.0196. The lowest BCUT2D eigenvalue weighted by molar-refractivity contribution is -0.121. The molecule has 104 valence electrons. The molecule has 0 radical (unpaired) electrons. The molecule has 3 nitrogen and oxygen atoms in total. The van der Waals surface area contributed by atoms with E-state index in [1.807, 2.05) is 17.0 Å². The summed E-state index contributed by atoms with van der Waals surface area (Å²) in [6.07, 6.45) is 3.06. The lowest BCUT2D eigenvalue weighted by Crippen LogP contribution is -2.51. The molecule has 0 aromatic heterocycles. The molecule has 1 atom stereocenters. The Kier molecular flexibility index (Phi) is 4.99. The van der Waals surface area contributed by atoms with Crippen LogP contribution in [0, 0.1) is 6.92 Å². The van der Waals surface area contributed by atoms with Gasteiger partial charge in [0.1, 0.15) is 0 Å². The highest BCUT2D eigenvalue weighted by Gasteiger charge is 2.29. The first kappa shape index (κ1) is 14.5. The number of nitrogens with zero attached hydrogens (tertiary/aromatic N) is 1. The summed E-state index contributed by atoms with van der Waals surface area (Å²) in [4.78, 5) is 14.4. The summed E-state index contributed by atoms with van der Waals surface area (Å²) in [6, 6.07) is 6.10. The molecule has 0 bridgehead atoms. The molecule has 1 aliphatic heterocycles. The van der Waals surface area contributed by atoms with E-state index in [9.17, 15) is 4.79 Å². The summed E-state index contributed by atoms with van der Waals surface area (Å²) in [7, 11) is 0. The van der Waals surface area contributed by atoms with Gasteiger partial charge in [0.25, 0.3) is 0 Å². The quantitative estimate of drug-likeness (QED) is 0.922. The molecule has 1 amide bonds. The summed E-state index contributed by atoms with van der Waals surface area (Å²) < 4.78 is 1.06. The zero-order valence-electron chi connectivity index (χ0n) is 11.6. The normalized spacial score (nSPS) is 19.8. The molecule has 2 rings (SSSR count). The fourth-order valence-corrected chi connectivity index (χ4v) is 2.76. The highest BCUT2D eigenvalue weighted by molar-refractivity contribution is 9.10. The second-order valence-electron chi connectivity index (χ2n) is 5.07. The number of amides is 1. The molecule has 1 aromatic carbocycles. The van der Waals surface area contributed by atoms with E-state index >= 15 is 0 Å². The number of nitrogens with one attached hydrogen (secondary N) is 1. The summed E-state index contributed by atoms with van der Waals surface area (Å²) in [5.74, 6) is 0.204. The van der Waals surface area contributed by atoms with E-state index in [4.69, 9.17) is 0 Å². The predicted molar refractivity (Wildman–Crippen MR) is 82.5 cm³/mol. The van der Waals surface area contributed by atoms with Gasteiger partial charge in [-0.1, -0.05) is 28.9 Å². The minimum atomic E-state index is -0.0196. The van der Waals surface area contributed by atoms with Crippen molar-refractivity contribution in [3.8, 4) is 0 Å². The van der Waals surface area contributed by atoms with Crippen molar-refractivity contribution in [2.24, 2.45) is 0 Å². The van der Waals surface area contributed by atoms with Gasteiger partial charge in [-0.3, -0.25) is 4.79 Å². The van der Waals surface area contributed by atoms with Crippen LogP contribution >= 0.6 is 15.9 Å². The number of benzene rings is 1. The first-order valence-corrected chi connectivity index (χ1v) is 7.73. The van der Waals surface area contributed by atoms with E-state index in [1.54, 1.807) is 0 Å². The number of carbonyl (C=O) groups excluding carboxylic acids is 1. The maximum atomic E-state index is 12.5. The largest absolute Gasteiger partial charge is 0.311 e. The number of anilines is 1. The number of hydrogen-bond acceptors (Lipinski definition) is 2. The van der Waals surface area contributed by atoms with E-state index in [-0.39, 0.29) is 11.9 Å². The van der Waals surface area contributed by atoms with Crippen molar-refractivity contribution < 1.29 is 4.79 Å². The Balaban J connectivity index is 2.14. The third kappa shape index (κ3) is 3.37. The molecule has 0 spiro atoms. The van der Waals surface area contributed by atoms with Crippen LogP contribution < -0.4 is 10.2 Å². The lowest BCUT2D eigenvalue weighted by atomic mass is 10.0. The predicted octanol–water partition coefficient (Wildman–Crippen LogP) is 3.25. The minimum Gasteiger partial charge on any atom is -0.311 e. The van der Waals surface area contributed by atoms with E-state index in [0.717, 1.165) is 42.5 Å². The van der Waals surface area contributed by atoms with Crippen LogP contribution in [-0.2, 0) is 4.79 Å². The molecule has 1 saturated heterocycles. The van der Waals surface area contributed by atoms with Gasteiger partial charge >= 0.3 is 0 Å². The number of carbonyl (C=O) groups is 1. The summed E-state index contributed by atoms with van der Waals surface area (Å²) in [6.45, 7) is 5.90. The Morgan fingerprint density at radius 1 is 1.47 bits per heavy atom. The zero-order chi connectivity index (χ0) is 13.8. The smallest absolute Gasteiger partial charge is 0.244 e. The van der Waals surface area contributed by atoms with Crippen LogP contribution in [0.15, 0.2) is 22.7 Å². The van der Waals surface area contributed by atoms with Crippen molar-refractivity contribution in [2.75, 3.05) is 18.0 Å². The molecule has 4 heteroatoms. The van der Waals surface area contributed by atoms with Crippen molar-refractivity contribution >= 4 is 27.5 Å². The van der Waals surface area contributed by atoms with Gasteiger partial charge in [0.2, 0.25) is 5.91 Å². The Hall–Kier alpha value is -0.870. The van der Waals surface area contributed by atoms with Gasteiger partial charge < -0.3 is 10.2 Å². The van der Waals surface area contributed by atoms with Crippen molar-refractivity contribution in [1.82, 2.24) is 5.32 Å². The number of rotatable bonds is 4. The maximum absolute atomic E-state index is 12.5. The summed E-state index contributed by atoms with van der Waals surface area (Å²) in [5.41, 5.74) is 2.18. The molecule has 0 aliphatic carbocycles. The average molecular weight is 325 g/mol. The van der Waals surface area contributed by atoms with Crippen LogP contribution in [0.1, 0.15) is 31.7 Å². The summed E-state index contributed by atoms with van der Waals surface area (Å²) >= 11 is 3.54. The molecule has 0 saturated carbocycles. The monoisotopic (exact) mass is 324 g/mol. The molecule has 1 heterocycles. The molecular formula is C15H21BrN2O. The van der Waals surface area contributed by atoms with Crippen LogP contribution in [0.5, 0.6) is 0 Å². The zero-order valence-corrected chi connectivity index (χ0v) is 13.2. The van der Waals surface area contributed by atoms with Gasteiger partial charge in [0.15, 0.2) is 0 Å². The van der Waals surface area contributed by atoms with Gasteiger partial charge in [-0.2, -0.15) is 0 Å². The second kappa shape index (κ2) is 6.53. The second-order valence-corrected chi connectivity index (χ2v) is 5.93. The number of halogens is 1. The lowest BCUT2D eigenvalue weighted by Gasteiger charge is -2.33. The van der Waals surface area contributed by atoms with Gasteiger partial charge in [-0.15, -0.1) is 0 Å². The van der Waals surface area contributed by atoms with Crippen molar-refractivity contribution in [2.45, 2.75) is 39.2 Å². The number of hydrogen-bond donors (Lipinski definition) is 1. The SMILES string of the molecule is CCCNC1CCCN(c2ccc(C)c(Br)c2)C1=O. The van der Waals surface area contributed by atoms with Gasteiger partial charge in [0, 0.05) is 16.7 Å². The van der Waals surface area contributed by atoms with Crippen molar-refractivity contribution in [3.63, 3.8) is 0 Å². The first-order valence-electron chi connectivity index (χ1n) is 6.94. The molecule has 1 unspecified atom stereocenters. The van der Waals surface area contributed by atoms with E-state index in [0.29, 0.717) is 0 Å². The molecule has 1 aliphatic rings. The standard InChI is InChI=1S/C15H21BrN2O/c1-3-8-17-14-5-4-9-18(15(14)19)12-7-6-11(2)13(16)10-12/h6-7,10,14,17H,3-5,8-9H2,1-2H3. The third-order valence-corrected chi connectivity index (χ3v) is 4.40. The van der Waals surface area contributed by atoms with Crippen LogP contribution in [0.4, 0.5) is 5.69 Å². The maximum Gasteiger partial charge on any atom is 0.244 e.